The second-order valence-corrected chi connectivity index (χ2v) is 3.88. The average Bonchev–Trinajstić information content (AvgIpc) is 2.27. The summed E-state index contributed by atoms with van der Waals surface area (Å²) in [7, 11) is 0. The zero-order valence-electron chi connectivity index (χ0n) is 8.99. The first-order valence-electron chi connectivity index (χ1n) is 4.76. The molecule has 1 aromatic carbocycles. The van der Waals surface area contributed by atoms with Gasteiger partial charge in [-0.1, -0.05) is 21.9 Å². The molecule has 0 amide bonds. The molecule has 17 heavy (non-hydrogen) atoms. The van der Waals surface area contributed by atoms with Gasteiger partial charge in [-0.2, -0.15) is 0 Å². The number of rotatable bonds is 2. The van der Waals surface area contributed by atoms with E-state index in [-0.39, 0.29) is 17.7 Å². The molecule has 0 aliphatic carbocycles. The quantitative estimate of drug-likeness (QED) is 0.670. The van der Waals surface area contributed by atoms with Crippen molar-refractivity contribution in [3.63, 3.8) is 0 Å². The lowest BCUT2D eigenvalue weighted by Crippen LogP contribution is -2.02. The van der Waals surface area contributed by atoms with Crippen LogP contribution in [0.1, 0.15) is 22.8 Å². The summed E-state index contributed by atoms with van der Waals surface area (Å²) in [6.45, 7) is 1.90. The Morgan fingerprint density at radius 3 is 2.76 bits per heavy atom. The highest BCUT2D eigenvalue weighted by Gasteiger charge is 2.08. The first-order valence-corrected chi connectivity index (χ1v) is 5.55. The van der Waals surface area contributed by atoms with Gasteiger partial charge in [0.05, 0.1) is 12.2 Å². The highest BCUT2D eigenvalue weighted by atomic mass is 79.9. The smallest absolute Gasteiger partial charge is 0.384 e. The molecule has 0 fully saturated rings. The Balaban J connectivity index is 3.06. The largest absolute Gasteiger partial charge is 0.478 e. The minimum Gasteiger partial charge on any atom is -0.478 e. The van der Waals surface area contributed by atoms with Gasteiger partial charge in [0.25, 0.3) is 0 Å². The van der Waals surface area contributed by atoms with Crippen LogP contribution in [0.3, 0.4) is 0 Å². The molecule has 88 valence electrons. The van der Waals surface area contributed by atoms with Crippen LogP contribution in [0.4, 0.5) is 0 Å². The average molecular weight is 297 g/mol. The number of carboxylic acid groups (broad SMARTS) is 1. The van der Waals surface area contributed by atoms with E-state index in [0.29, 0.717) is 4.47 Å². The Labute approximate surface area is 107 Å². The summed E-state index contributed by atoms with van der Waals surface area (Å²) in [5, 5.41) is 8.95. The van der Waals surface area contributed by atoms with E-state index in [2.05, 4.69) is 32.5 Å². The number of aromatic carboxylic acids is 1. The minimum absolute atomic E-state index is 0.0381. The highest BCUT2D eigenvalue weighted by Crippen LogP contribution is 2.16. The minimum atomic E-state index is -1.10. The van der Waals surface area contributed by atoms with Crippen LogP contribution < -0.4 is 0 Å². The van der Waals surface area contributed by atoms with Gasteiger partial charge < -0.3 is 9.84 Å². The van der Waals surface area contributed by atoms with Crippen molar-refractivity contribution < 1.29 is 19.4 Å². The summed E-state index contributed by atoms with van der Waals surface area (Å²) < 4.78 is 5.25. The van der Waals surface area contributed by atoms with E-state index in [9.17, 15) is 9.59 Å². The van der Waals surface area contributed by atoms with Crippen LogP contribution in [-0.4, -0.2) is 23.7 Å². The van der Waals surface area contributed by atoms with Gasteiger partial charge in [0, 0.05) is 16.0 Å². The molecule has 0 spiro atoms. The molecule has 0 saturated carbocycles. The zero-order chi connectivity index (χ0) is 12.8. The van der Waals surface area contributed by atoms with Crippen molar-refractivity contribution in [3.05, 3.63) is 33.8 Å². The Hall–Kier alpha value is -1.80. The molecular formula is C12H9BrO4. The third kappa shape index (κ3) is 3.93. The normalized spacial score (nSPS) is 9.06. The van der Waals surface area contributed by atoms with Gasteiger partial charge >= 0.3 is 11.9 Å². The fourth-order valence-corrected chi connectivity index (χ4v) is 1.45. The van der Waals surface area contributed by atoms with Crippen molar-refractivity contribution in [2.45, 2.75) is 6.92 Å². The van der Waals surface area contributed by atoms with Crippen molar-refractivity contribution in [1.29, 1.82) is 0 Å². The summed E-state index contributed by atoms with van der Waals surface area (Å²) in [4.78, 5) is 22.0. The molecule has 0 atom stereocenters. The standard InChI is InChI=1S/C12H9BrO4/c1-2-17-11(14)6-4-8-3-5-9(13)7-10(8)12(15)16/h3,5,7H,2H2,1H3,(H,15,16). The van der Waals surface area contributed by atoms with E-state index < -0.39 is 11.9 Å². The zero-order valence-corrected chi connectivity index (χ0v) is 10.6. The Kier molecular flexibility index (Phi) is 4.73. The van der Waals surface area contributed by atoms with E-state index in [0.717, 1.165) is 0 Å². The third-order valence-electron chi connectivity index (χ3n) is 1.79. The van der Waals surface area contributed by atoms with Crippen molar-refractivity contribution in [3.8, 4) is 11.8 Å². The van der Waals surface area contributed by atoms with Crippen molar-refractivity contribution in [2.24, 2.45) is 0 Å². The van der Waals surface area contributed by atoms with Crippen LogP contribution in [0.2, 0.25) is 0 Å². The molecule has 4 nitrogen and oxygen atoms in total. The fourth-order valence-electron chi connectivity index (χ4n) is 1.09. The number of ether oxygens (including phenoxy) is 1. The second-order valence-electron chi connectivity index (χ2n) is 2.97. The third-order valence-corrected chi connectivity index (χ3v) is 2.28. The van der Waals surface area contributed by atoms with E-state index in [1.807, 2.05) is 0 Å². The van der Waals surface area contributed by atoms with Gasteiger partial charge in [0.2, 0.25) is 0 Å². The van der Waals surface area contributed by atoms with Crippen LogP contribution in [0.25, 0.3) is 0 Å². The lowest BCUT2D eigenvalue weighted by Gasteiger charge is -1.99. The first kappa shape index (κ1) is 13.3. The summed E-state index contributed by atoms with van der Waals surface area (Å²) in [5.41, 5.74) is 0.310. The fraction of sp³-hybridized carbons (Fsp3) is 0.167. The maximum atomic E-state index is 11.0. The number of carboxylic acids is 1. The van der Waals surface area contributed by atoms with Crippen molar-refractivity contribution in [2.75, 3.05) is 6.61 Å². The molecule has 0 aromatic heterocycles. The maximum Gasteiger partial charge on any atom is 0.384 e. The molecule has 1 aromatic rings. The number of carbonyl (C=O) groups is 2. The summed E-state index contributed by atoms with van der Waals surface area (Å²) in [6.07, 6.45) is 0. The molecule has 0 saturated heterocycles. The number of esters is 1. The van der Waals surface area contributed by atoms with Crippen molar-refractivity contribution in [1.82, 2.24) is 0 Å². The molecule has 0 heterocycles. The number of carbonyl (C=O) groups excluding carboxylic acids is 1. The predicted octanol–water partition coefficient (Wildman–Crippen LogP) is 2.06. The summed E-state index contributed by atoms with van der Waals surface area (Å²) >= 11 is 3.17. The van der Waals surface area contributed by atoms with E-state index in [1.165, 1.54) is 12.1 Å². The van der Waals surface area contributed by atoms with E-state index in [4.69, 9.17) is 5.11 Å². The predicted molar refractivity (Wildman–Crippen MR) is 64.6 cm³/mol. The van der Waals surface area contributed by atoms with Crippen LogP contribution in [0.15, 0.2) is 22.7 Å². The molecule has 1 N–H and O–H groups in total. The summed E-state index contributed by atoms with van der Waals surface area (Å²) in [6, 6.07) is 4.61. The van der Waals surface area contributed by atoms with Gasteiger partial charge in [0.1, 0.15) is 0 Å². The van der Waals surface area contributed by atoms with Gasteiger partial charge in [0.15, 0.2) is 0 Å². The Bertz CT molecular complexity index is 511. The summed E-state index contributed by atoms with van der Waals surface area (Å²) in [5.74, 6) is 2.93. The molecule has 0 aliphatic heterocycles. The number of halogens is 1. The SMILES string of the molecule is CCOC(=O)C#Cc1ccc(Br)cc1C(=O)O. The lowest BCUT2D eigenvalue weighted by molar-refractivity contribution is -0.136. The number of benzene rings is 1. The molecule has 0 radical (unpaired) electrons. The molecule has 0 bridgehead atoms. The molecule has 1 rings (SSSR count). The van der Waals surface area contributed by atoms with Crippen LogP contribution >= 0.6 is 15.9 Å². The molecular weight excluding hydrogens is 288 g/mol. The monoisotopic (exact) mass is 296 g/mol. The van der Waals surface area contributed by atoms with Gasteiger partial charge in [-0.25, -0.2) is 9.59 Å². The van der Waals surface area contributed by atoms with E-state index >= 15 is 0 Å². The highest BCUT2D eigenvalue weighted by molar-refractivity contribution is 9.10. The van der Waals surface area contributed by atoms with E-state index in [1.54, 1.807) is 13.0 Å². The topological polar surface area (TPSA) is 63.6 Å². The van der Waals surface area contributed by atoms with Crippen LogP contribution in [0.5, 0.6) is 0 Å². The van der Waals surface area contributed by atoms with Crippen LogP contribution in [-0.2, 0) is 9.53 Å². The first-order chi connectivity index (χ1) is 8.04. The molecule has 0 aliphatic rings. The number of hydrogen-bond acceptors (Lipinski definition) is 3. The van der Waals surface area contributed by atoms with Gasteiger partial charge in [-0.05, 0) is 25.1 Å². The Morgan fingerprint density at radius 1 is 1.47 bits per heavy atom. The Morgan fingerprint density at radius 2 is 2.18 bits per heavy atom. The molecule has 0 unspecified atom stereocenters. The van der Waals surface area contributed by atoms with Crippen molar-refractivity contribution >= 4 is 27.9 Å². The maximum absolute atomic E-state index is 11.0. The number of hydrogen-bond donors (Lipinski definition) is 1. The molecule has 5 heteroatoms. The second kappa shape index (κ2) is 6.06. The van der Waals surface area contributed by atoms with Gasteiger partial charge in [-0.15, -0.1) is 0 Å². The lowest BCUT2D eigenvalue weighted by atomic mass is 10.1. The van der Waals surface area contributed by atoms with Crippen LogP contribution in [0, 0.1) is 11.8 Å². The van der Waals surface area contributed by atoms with Gasteiger partial charge in [-0.3, -0.25) is 0 Å².